The van der Waals surface area contributed by atoms with E-state index in [1.807, 2.05) is 19.0 Å². The van der Waals surface area contributed by atoms with E-state index < -0.39 is 0 Å². The van der Waals surface area contributed by atoms with E-state index in [4.69, 9.17) is 21.6 Å². The lowest BCUT2D eigenvalue weighted by Gasteiger charge is -2.14. The van der Waals surface area contributed by atoms with Gasteiger partial charge in [0.05, 0.1) is 24.2 Å². The van der Waals surface area contributed by atoms with Crippen molar-refractivity contribution in [3.8, 4) is 5.75 Å². The lowest BCUT2D eigenvalue weighted by molar-refractivity contribution is 0.402. The third-order valence-electron chi connectivity index (χ3n) is 3.01. The normalized spacial score (nSPS) is 19.7. The second-order valence-corrected chi connectivity index (χ2v) is 4.99. The van der Waals surface area contributed by atoms with E-state index in [1.165, 1.54) is 7.11 Å². The van der Waals surface area contributed by atoms with Crippen molar-refractivity contribution in [3.05, 3.63) is 12.1 Å². The fourth-order valence-electron chi connectivity index (χ4n) is 1.99. The number of likely N-dealkylation sites (N-methyl/N-ethyl adjacent to an activating group) is 1. The van der Waals surface area contributed by atoms with E-state index in [1.54, 1.807) is 12.1 Å². The Labute approximate surface area is 123 Å². The number of rotatable bonds is 4. The average Bonchev–Trinajstić information content (AvgIpc) is 2.73. The van der Waals surface area contributed by atoms with E-state index in [9.17, 15) is 0 Å². The van der Waals surface area contributed by atoms with Gasteiger partial charge in [-0.1, -0.05) is 0 Å². The molecule has 1 aromatic rings. The number of benzene rings is 1. The molecule has 0 saturated carbocycles. The minimum Gasteiger partial charge on any atom is -0.495 e. The molecule has 5 N–H and O–H groups in total. The number of azo groups is 1. The molecule has 1 atom stereocenters. The molecule has 0 radical (unpaired) electrons. The van der Waals surface area contributed by atoms with Gasteiger partial charge >= 0.3 is 0 Å². The van der Waals surface area contributed by atoms with Crippen LogP contribution in [0.15, 0.2) is 27.4 Å². The lowest BCUT2D eigenvalue weighted by atomic mass is 10.1. The van der Waals surface area contributed by atoms with Crippen LogP contribution in [-0.2, 0) is 0 Å². The van der Waals surface area contributed by atoms with E-state index in [0.29, 0.717) is 35.1 Å². The lowest BCUT2D eigenvalue weighted by Crippen LogP contribution is -2.31. The number of nitrogens with two attached hydrogens (primary N) is 2. The highest BCUT2D eigenvalue weighted by Crippen LogP contribution is 2.33. The summed E-state index contributed by atoms with van der Waals surface area (Å²) in [7, 11) is 5.38. The predicted octanol–water partition coefficient (Wildman–Crippen LogP) is 1.31. The standard InChI is InChI=1S/C13H19N7O/c1-20(2)6-10-12(13(16)19-18-10)17-9-5-11(21-3)8(15)4-7(9)14/h4-5,10,16H,6,14-15H2,1-3H3. The summed E-state index contributed by atoms with van der Waals surface area (Å²) in [6, 6.07) is 2.97. The summed E-state index contributed by atoms with van der Waals surface area (Å²) in [5.74, 6) is 0.545. The van der Waals surface area contributed by atoms with Crippen LogP contribution in [0.3, 0.4) is 0 Å². The molecule has 8 heteroatoms. The Bertz CT molecular complexity index is 621. The summed E-state index contributed by atoms with van der Waals surface area (Å²) in [6.45, 7) is 0.622. The number of aliphatic imine (C=N–C) groups is 1. The van der Waals surface area contributed by atoms with E-state index in [2.05, 4.69) is 15.2 Å². The summed E-state index contributed by atoms with van der Waals surface area (Å²) < 4.78 is 5.16. The van der Waals surface area contributed by atoms with Gasteiger partial charge in [0.2, 0.25) is 0 Å². The van der Waals surface area contributed by atoms with Gasteiger partial charge < -0.3 is 21.1 Å². The highest BCUT2D eigenvalue weighted by atomic mass is 16.5. The van der Waals surface area contributed by atoms with Gasteiger partial charge in [0.25, 0.3) is 0 Å². The number of hydrogen-bond donors (Lipinski definition) is 3. The number of nitrogens with one attached hydrogen (secondary N) is 1. The zero-order valence-electron chi connectivity index (χ0n) is 12.3. The smallest absolute Gasteiger partial charge is 0.190 e. The van der Waals surface area contributed by atoms with Gasteiger partial charge in [-0.15, -0.1) is 5.11 Å². The molecule has 0 bridgehead atoms. The van der Waals surface area contributed by atoms with Crippen LogP contribution in [0.4, 0.5) is 17.1 Å². The first-order valence-electron chi connectivity index (χ1n) is 6.38. The zero-order chi connectivity index (χ0) is 15.6. The van der Waals surface area contributed by atoms with E-state index >= 15 is 0 Å². The van der Waals surface area contributed by atoms with E-state index in [-0.39, 0.29) is 11.9 Å². The zero-order valence-corrected chi connectivity index (χ0v) is 12.3. The molecule has 0 aliphatic carbocycles. The Morgan fingerprint density at radius 1 is 1.33 bits per heavy atom. The van der Waals surface area contributed by atoms with Crippen LogP contribution in [0, 0.1) is 5.41 Å². The number of amidine groups is 1. The first kappa shape index (κ1) is 14.9. The van der Waals surface area contributed by atoms with Gasteiger partial charge in [-0.25, -0.2) is 4.99 Å². The van der Waals surface area contributed by atoms with Crippen LogP contribution in [0.2, 0.25) is 0 Å². The Balaban J connectivity index is 2.40. The Hall–Kier alpha value is -2.48. The van der Waals surface area contributed by atoms with Gasteiger partial charge in [-0.05, 0) is 20.2 Å². The fraction of sp³-hybridized carbons (Fsp3) is 0.385. The first-order valence-corrected chi connectivity index (χ1v) is 6.38. The number of nitrogen functional groups attached to an aromatic ring is 2. The second kappa shape index (κ2) is 5.88. The van der Waals surface area contributed by atoms with Crippen molar-refractivity contribution in [2.75, 3.05) is 39.2 Å². The molecular formula is C13H19N7O. The van der Waals surface area contributed by atoms with Crippen molar-refractivity contribution in [1.29, 1.82) is 5.41 Å². The summed E-state index contributed by atoms with van der Waals surface area (Å²) in [5, 5.41) is 15.7. The SMILES string of the molecule is COc1cc(N=C2C(=N)N=NC2CN(C)C)c(N)cc1N. The van der Waals surface area contributed by atoms with Crippen molar-refractivity contribution in [3.63, 3.8) is 0 Å². The van der Waals surface area contributed by atoms with Gasteiger partial charge in [-0.2, -0.15) is 5.11 Å². The molecule has 0 aromatic heterocycles. The minimum atomic E-state index is -0.268. The summed E-state index contributed by atoms with van der Waals surface area (Å²) in [6.07, 6.45) is 0. The number of nitrogens with zero attached hydrogens (tertiary/aromatic N) is 4. The topological polar surface area (TPSA) is 125 Å². The van der Waals surface area contributed by atoms with Crippen molar-refractivity contribution in [2.24, 2.45) is 15.2 Å². The maximum Gasteiger partial charge on any atom is 0.190 e. The minimum absolute atomic E-state index is 0.0528. The highest BCUT2D eigenvalue weighted by Gasteiger charge is 2.26. The largest absolute Gasteiger partial charge is 0.495 e. The third-order valence-corrected chi connectivity index (χ3v) is 3.01. The van der Waals surface area contributed by atoms with Crippen LogP contribution in [0.25, 0.3) is 0 Å². The molecule has 0 spiro atoms. The van der Waals surface area contributed by atoms with Crippen molar-refractivity contribution in [2.45, 2.75) is 6.04 Å². The Kier molecular flexibility index (Phi) is 4.18. The molecule has 21 heavy (non-hydrogen) atoms. The fourth-order valence-corrected chi connectivity index (χ4v) is 1.99. The predicted molar refractivity (Wildman–Crippen MR) is 83.8 cm³/mol. The number of ether oxygens (including phenoxy) is 1. The van der Waals surface area contributed by atoms with Crippen molar-refractivity contribution in [1.82, 2.24) is 4.90 Å². The molecule has 1 aliphatic rings. The number of methoxy groups -OCH3 is 1. The second-order valence-electron chi connectivity index (χ2n) is 4.99. The highest BCUT2D eigenvalue weighted by molar-refractivity contribution is 6.44. The average molecular weight is 289 g/mol. The van der Waals surface area contributed by atoms with Gasteiger partial charge in [0.15, 0.2) is 5.84 Å². The summed E-state index contributed by atoms with van der Waals surface area (Å²) in [4.78, 5) is 6.40. The molecule has 1 heterocycles. The number of anilines is 2. The quantitative estimate of drug-likeness (QED) is 0.722. The summed E-state index contributed by atoms with van der Waals surface area (Å²) >= 11 is 0. The third kappa shape index (κ3) is 3.16. The molecule has 0 amide bonds. The van der Waals surface area contributed by atoms with E-state index in [0.717, 1.165) is 0 Å². The molecule has 1 aromatic carbocycles. The Morgan fingerprint density at radius 2 is 2.05 bits per heavy atom. The van der Waals surface area contributed by atoms with Crippen LogP contribution in [-0.4, -0.2) is 50.2 Å². The van der Waals surface area contributed by atoms with Crippen molar-refractivity contribution < 1.29 is 4.74 Å². The van der Waals surface area contributed by atoms with Crippen LogP contribution < -0.4 is 16.2 Å². The molecule has 112 valence electrons. The molecule has 0 fully saturated rings. The maximum atomic E-state index is 7.83. The monoisotopic (exact) mass is 289 g/mol. The molecular weight excluding hydrogens is 270 g/mol. The van der Waals surface area contributed by atoms with Crippen LogP contribution in [0.5, 0.6) is 5.75 Å². The molecule has 1 unspecified atom stereocenters. The Morgan fingerprint density at radius 3 is 2.67 bits per heavy atom. The maximum absolute atomic E-state index is 7.83. The molecule has 0 saturated heterocycles. The number of hydrogen-bond acceptors (Lipinski definition) is 7. The first-order chi connectivity index (χ1) is 9.92. The van der Waals surface area contributed by atoms with Gasteiger partial charge in [0, 0.05) is 12.6 Å². The van der Waals surface area contributed by atoms with Crippen molar-refractivity contribution >= 4 is 28.6 Å². The molecule has 1 aliphatic heterocycles. The van der Waals surface area contributed by atoms with Crippen LogP contribution in [0.1, 0.15) is 0 Å². The molecule has 8 nitrogen and oxygen atoms in total. The molecule has 2 rings (SSSR count). The van der Waals surface area contributed by atoms with Crippen LogP contribution >= 0.6 is 0 Å². The van der Waals surface area contributed by atoms with Gasteiger partial charge in [-0.3, -0.25) is 5.41 Å². The summed E-state index contributed by atoms with van der Waals surface area (Å²) in [5.41, 5.74) is 13.6. The van der Waals surface area contributed by atoms with Gasteiger partial charge in [0.1, 0.15) is 17.5 Å².